The number of carboxylic acid groups (broad SMARTS) is 1. The van der Waals surface area contributed by atoms with Gasteiger partial charge in [0.25, 0.3) is 5.56 Å². The number of ether oxygens (including phenoxy) is 1. The lowest BCUT2D eigenvalue weighted by Crippen LogP contribution is -2.45. The monoisotopic (exact) mass is 480 g/mol. The SMILES string of the molecule is CN(C(=O)O)[C@@H]1C[C@@H]2CC[C@H]1N2c1nc2c(c(Br)nn2C2CCCCO2)c(=O)n1C. The smallest absolute Gasteiger partial charge is 0.407 e. The number of carbonyl (C=O) groups is 1. The van der Waals surface area contributed by atoms with Gasteiger partial charge in [-0.3, -0.25) is 9.36 Å². The van der Waals surface area contributed by atoms with Gasteiger partial charge in [0.2, 0.25) is 5.95 Å². The first-order valence-corrected chi connectivity index (χ1v) is 11.2. The van der Waals surface area contributed by atoms with Crippen LogP contribution in [-0.2, 0) is 11.8 Å². The van der Waals surface area contributed by atoms with E-state index in [0.29, 0.717) is 28.2 Å². The highest BCUT2D eigenvalue weighted by molar-refractivity contribution is 9.10. The van der Waals surface area contributed by atoms with Gasteiger partial charge in [-0.1, -0.05) is 0 Å². The zero-order valence-electron chi connectivity index (χ0n) is 17.0. The van der Waals surface area contributed by atoms with Crippen LogP contribution in [0.2, 0.25) is 0 Å². The van der Waals surface area contributed by atoms with Gasteiger partial charge in [-0.05, 0) is 54.5 Å². The van der Waals surface area contributed by atoms with Crippen LogP contribution in [0.4, 0.5) is 10.7 Å². The van der Waals surface area contributed by atoms with Crippen LogP contribution in [0.1, 0.15) is 44.8 Å². The average Bonchev–Trinajstić information content (AvgIpc) is 3.41. The van der Waals surface area contributed by atoms with Crippen molar-refractivity contribution >= 4 is 39.0 Å². The van der Waals surface area contributed by atoms with E-state index >= 15 is 0 Å². The Balaban J connectivity index is 1.61. The van der Waals surface area contributed by atoms with Gasteiger partial charge in [-0.15, -0.1) is 0 Å². The number of halogens is 1. The number of nitrogens with zero attached hydrogens (tertiary/aromatic N) is 6. The largest absolute Gasteiger partial charge is 0.465 e. The molecule has 1 amide bonds. The summed E-state index contributed by atoms with van der Waals surface area (Å²) in [5.74, 6) is 0.575. The van der Waals surface area contributed by atoms with Gasteiger partial charge < -0.3 is 19.6 Å². The minimum atomic E-state index is -0.929. The minimum Gasteiger partial charge on any atom is -0.465 e. The highest BCUT2D eigenvalue weighted by Gasteiger charge is 2.50. The maximum absolute atomic E-state index is 13.2. The lowest BCUT2D eigenvalue weighted by molar-refractivity contribution is -0.0371. The molecule has 1 N–H and O–H groups in total. The molecule has 10 nitrogen and oxygen atoms in total. The van der Waals surface area contributed by atoms with Crippen LogP contribution in [0.15, 0.2) is 9.40 Å². The Morgan fingerprint density at radius 1 is 1.30 bits per heavy atom. The summed E-state index contributed by atoms with van der Waals surface area (Å²) in [5, 5.41) is 14.4. The van der Waals surface area contributed by atoms with Crippen LogP contribution < -0.4 is 10.5 Å². The summed E-state index contributed by atoms with van der Waals surface area (Å²) in [7, 11) is 3.34. The summed E-state index contributed by atoms with van der Waals surface area (Å²) in [6.45, 7) is 0.667. The maximum Gasteiger partial charge on any atom is 0.407 e. The zero-order chi connectivity index (χ0) is 21.2. The van der Waals surface area contributed by atoms with E-state index in [9.17, 15) is 14.7 Å². The molecule has 2 bridgehead atoms. The number of amides is 1. The van der Waals surface area contributed by atoms with Crippen molar-refractivity contribution < 1.29 is 14.6 Å². The molecule has 30 heavy (non-hydrogen) atoms. The van der Waals surface area contributed by atoms with Gasteiger partial charge >= 0.3 is 6.09 Å². The lowest BCUT2D eigenvalue weighted by Gasteiger charge is -2.30. The van der Waals surface area contributed by atoms with Crippen LogP contribution >= 0.6 is 15.9 Å². The molecule has 0 spiro atoms. The predicted molar refractivity (Wildman–Crippen MR) is 113 cm³/mol. The fourth-order valence-electron chi connectivity index (χ4n) is 5.29. The summed E-state index contributed by atoms with van der Waals surface area (Å²) in [6, 6.07) is 0.0765. The number of likely N-dealkylation sites (N-methyl/N-ethyl adjacent to an activating group) is 1. The summed E-state index contributed by atoms with van der Waals surface area (Å²) < 4.78 is 9.66. The third kappa shape index (κ3) is 2.85. The highest BCUT2D eigenvalue weighted by Crippen LogP contribution is 2.42. The first kappa shape index (κ1) is 19.8. The van der Waals surface area contributed by atoms with E-state index in [1.165, 1.54) is 4.90 Å². The first-order chi connectivity index (χ1) is 14.4. The molecule has 4 atom stereocenters. The van der Waals surface area contributed by atoms with Gasteiger partial charge in [0.15, 0.2) is 11.9 Å². The van der Waals surface area contributed by atoms with Crippen LogP contribution in [0.5, 0.6) is 0 Å². The Hall–Kier alpha value is -2.14. The van der Waals surface area contributed by atoms with E-state index in [4.69, 9.17) is 9.72 Å². The Bertz CT molecular complexity index is 1060. The Morgan fingerprint density at radius 3 is 2.80 bits per heavy atom. The van der Waals surface area contributed by atoms with Crippen molar-refractivity contribution in [1.29, 1.82) is 0 Å². The van der Waals surface area contributed by atoms with E-state index < -0.39 is 6.09 Å². The molecule has 0 radical (unpaired) electrons. The molecular formula is C19H25BrN6O4. The quantitative estimate of drug-likeness (QED) is 0.717. The Kier molecular flexibility index (Phi) is 4.77. The molecule has 1 unspecified atom stereocenters. The molecular weight excluding hydrogens is 456 g/mol. The van der Waals surface area contributed by atoms with Crippen molar-refractivity contribution in [3.63, 3.8) is 0 Å². The summed E-state index contributed by atoms with van der Waals surface area (Å²) >= 11 is 3.43. The van der Waals surface area contributed by atoms with Crippen molar-refractivity contribution in [2.24, 2.45) is 7.05 Å². The topological polar surface area (TPSA) is 106 Å². The van der Waals surface area contributed by atoms with Gasteiger partial charge in [0.05, 0.1) is 12.1 Å². The maximum atomic E-state index is 13.2. The average molecular weight is 481 g/mol. The number of aromatic nitrogens is 4. The summed E-state index contributed by atoms with van der Waals surface area (Å²) in [6.07, 6.45) is 4.33. The van der Waals surface area contributed by atoms with Gasteiger partial charge in [0, 0.05) is 26.7 Å². The summed E-state index contributed by atoms with van der Waals surface area (Å²) in [4.78, 5) is 33.2. The van der Waals surface area contributed by atoms with Crippen LogP contribution in [0, 0.1) is 0 Å². The molecule has 5 heterocycles. The van der Waals surface area contributed by atoms with Gasteiger partial charge in [-0.2, -0.15) is 10.1 Å². The molecule has 2 aromatic heterocycles. The van der Waals surface area contributed by atoms with E-state index in [2.05, 4.69) is 25.9 Å². The van der Waals surface area contributed by atoms with Crippen molar-refractivity contribution in [2.45, 2.75) is 62.9 Å². The third-order valence-electron chi connectivity index (χ3n) is 6.83. The number of rotatable bonds is 3. The fourth-order valence-corrected chi connectivity index (χ4v) is 5.81. The molecule has 2 aromatic rings. The normalized spacial score (nSPS) is 28.4. The van der Waals surface area contributed by atoms with E-state index in [1.54, 1.807) is 23.3 Å². The van der Waals surface area contributed by atoms with Crippen molar-refractivity contribution in [3.8, 4) is 0 Å². The fraction of sp³-hybridized carbons (Fsp3) is 0.684. The standard InChI is InChI=1S/C19H25BrN6O4/c1-23(19(28)29)12-9-10-6-7-11(12)25(10)18-21-16-14(17(27)24(18)2)15(20)22-26(16)13-5-3-4-8-30-13/h10-13H,3-9H2,1-2H3,(H,28,29)/t10-,11+,12+,13?/m0/s1. The minimum absolute atomic E-state index is 0.0115. The predicted octanol–water partition coefficient (Wildman–Crippen LogP) is 2.31. The van der Waals surface area contributed by atoms with Crippen molar-refractivity contribution in [3.05, 3.63) is 15.0 Å². The van der Waals surface area contributed by atoms with Crippen molar-refractivity contribution in [2.75, 3.05) is 18.6 Å². The van der Waals surface area contributed by atoms with E-state index in [1.807, 2.05) is 0 Å². The molecule has 0 saturated carbocycles. The number of hydrogen-bond acceptors (Lipinski definition) is 6. The van der Waals surface area contributed by atoms with Crippen LogP contribution in [-0.4, -0.2) is 67.2 Å². The Labute approximate surface area is 181 Å². The first-order valence-electron chi connectivity index (χ1n) is 10.4. The second-order valence-corrected chi connectivity index (χ2v) is 9.18. The van der Waals surface area contributed by atoms with Crippen LogP contribution in [0.25, 0.3) is 11.0 Å². The Morgan fingerprint density at radius 2 is 2.10 bits per heavy atom. The summed E-state index contributed by atoms with van der Waals surface area (Å²) in [5.41, 5.74) is 0.347. The van der Waals surface area contributed by atoms with E-state index in [0.717, 1.165) is 38.5 Å². The second-order valence-electron chi connectivity index (χ2n) is 8.43. The third-order valence-corrected chi connectivity index (χ3v) is 7.38. The number of hydrogen-bond donors (Lipinski definition) is 1. The molecule has 3 aliphatic heterocycles. The lowest BCUT2D eigenvalue weighted by atomic mass is 9.95. The molecule has 11 heteroatoms. The molecule has 3 saturated heterocycles. The van der Waals surface area contributed by atoms with Crippen molar-refractivity contribution in [1.82, 2.24) is 24.2 Å². The zero-order valence-corrected chi connectivity index (χ0v) is 18.6. The van der Waals surface area contributed by atoms with Crippen LogP contribution in [0.3, 0.4) is 0 Å². The number of fused-ring (bicyclic) bond motifs is 3. The van der Waals surface area contributed by atoms with Gasteiger partial charge in [0.1, 0.15) is 9.99 Å². The molecule has 3 fully saturated rings. The highest BCUT2D eigenvalue weighted by atomic mass is 79.9. The molecule has 162 valence electrons. The molecule has 5 rings (SSSR count). The number of anilines is 1. The second kappa shape index (κ2) is 7.23. The molecule has 3 aliphatic rings. The van der Waals surface area contributed by atoms with E-state index in [-0.39, 0.29) is 29.9 Å². The molecule has 0 aromatic carbocycles. The molecule has 0 aliphatic carbocycles. The van der Waals surface area contributed by atoms with Gasteiger partial charge in [-0.25, -0.2) is 9.48 Å².